The maximum Gasteiger partial charge on any atom is 0.237 e. The summed E-state index contributed by atoms with van der Waals surface area (Å²) in [4.78, 5) is 11.1. The number of amides is 1. The molecule has 0 heterocycles. The molecule has 0 aliphatic rings. The monoisotopic (exact) mass is 234 g/mol. The maximum atomic E-state index is 11.1. The molecule has 17 heavy (non-hydrogen) atoms. The van der Waals surface area contributed by atoms with E-state index >= 15 is 0 Å². The Kier molecular flexibility index (Phi) is 4.29. The molecule has 0 saturated carbocycles. The van der Waals surface area contributed by atoms with Crippen LogP contribution in [0.4, 0.5) is 0 Å². The molecule has 0 bridgehead atoms. The van der Waals surface area contributed by atoms with Crippen LogP contribution < -0.4 is 11.1 Å². The average molecular weight is 234 g/mol. The van der Waals surface area contributed by atoms with Gasteiger partial charge in [0.1, 0.15) is 0 Å². The third-order valence-corrected chi connectivity index (χ3v) is 3.00. The Morgan fingerprint density at radius 2 is 1.82 bits per heavy atom. The smallest absolute Gasteiger partial charge is 0.237 e. The lowest BCUT2D eigenvalue weighted by atomic mass is 10.0. The topological polar surface area (TPSA) is 55.1 Å². The molecule has 1 amide bonds. The number of rotatable bonds is 5. The van der Waals surface area contributed by atoms with Crippen LogP contribution in [-0.2, 0) is 11.3 Å². The molecular formula is C14H22N2O. The molecule has 1 aromatic carbocycles. The van der Waals surface area contributed by atoms with E-state index in [0.29, 0.717) is 12.5 Å². The lowest BCUT2D eigenvalue weighted by Crippen LogP contribution is -2.50. The molecule has 0 aliphatic carbocycles. The Hall–Kier alpha value is -1.35. The number of hydrogen-bond acceptors (Lipinski definition) is 2. The van der Waals surface area contributed by atoms with Gasteiger partial charge in [0, 0.05) is 6.54 Å². The first kappa shape index (κ1) is 13.7. The van der Waals surface area contributed by atoms with Gasteiger partial charge in [0.25, 0.3) is 0 Å². The molecule has 0 saturated heterocycles. The zero-order valence-electron chi connectivity index (χ0n) is 11.1. The van der Waals surface area contributed by atoms with Gasteiger partial charge in [0.05, 0.1) is 5.54 Å². The van der Waals surface area contributed by atoms with Gasteiger partial charge in [0.15, 0.2) is 0 Å². The molecular weight excluding hydrogens is 212 g/mol. The molecule has 0 aliphatic heterocycles. The maximum absolute atomic E-state index is 11.1. The molecule has 0 radical (unpaired) electrons. The lowest BCUT2D eigenvalue weighted by molar-refractivity contribution is -0.123. The highest BCUT2D eigenvalue weighted by molar-refractivity contribution is 5.83. The molecule has 0 unspecified atom stereocenters. The Labute approximate surface area is 103 Å². The SMILES string of the molecule is CC(C)c1ccc(CNC(C)(C)C(N)=O)cc1. The fraction of sp³-hybridized carbons (Fsp3) is 0.500. The number of carbonyl (C=O) groups is 1. The van der Waals surface area contributed by atoms with Crippen LogP contribution in [0, 0.1) is 0 Å². The van der Waals surface area contributed by atoms with E-state index in [2.05, 4.69) is 43.4 Å². The van der Waals surface area contributed by atoms with E-state index in [1.165, 1.54) is 5.56 Å². The van der Waals surface area contributed by atoms with Crippen molar-refractivity contribution < 1.29 is 4.79 Å². The summed E-state index contributed by atoms with van der Waals surface area (Å²) in [5.74, 6) is 0.204. The molecule has 0 fully saturated rings. The van der Waals surface area contributed by atoms with E-state index < -0.39 is 5.54 Å². The van der Waals surface area contributed by atoms with Crippen LogP contribution in [0.5, 0.6) is 0 Å². The van der Waals surface area contributed by atoms with Gasteiger partial charge in [-0.05, 0) is 30.9 Å². The molecule has 94 valence electrons. The van der Waals surface area contributed by atoms with Crippen molar-refractivity contribution in [2.45, 2.75) is 45.7 Å². The minimum absolute atomic E-state index is 0.337. The Morgan fingerprint density at radius 3 is 2.24 bits per heavy atom. The van der Waals surface area contributed by atoms with Crippen molar-refractivity contribution in [2.75, 3.05) is 0 Å². The fourth-order valence-corrected chi connectivity index (χ4v) is 1.43. The van der Waals surface area contributed by atoms with Gasteiger partial charge in [0.2, 0.25) is 5.91 Å². The second-order valence-corrected chi connectivity index (χ2v) is 5.24. The normalized spacial score (nSPS) is 11.8. The van der Waals surface area contributed by atoms with Crippen molar-refractivity contribution >= 4 is 5.91 Å². The summed E-state index contributed by atoms with van der Waals surface area (Å²) >= 11 is 0. The first-order valence-corrected chi connectivity index (χ1v) is 5.96. The third-order valence-electron chi connectivity index (χ3n) is 3.00. The molecule has 1 aromatic rings. The highest BCUT2D eigenvalue weighted by Gasteiger charge is 2.23. The van der Waals surface area contributed by atoms with Crippen LogP contribution in [0.15, 0.2) is 24.3 Å². The molecule has 3 N–H and O–H groups in total. The van der Waals surface area contributed by atoms with Crippen LogP contribution in [0.3, 0.4) is 0 Å². The molecule has 0 spiro atoms. The third kappa shape index (κ3) is 3.86. The molecule has 0 atom stereocenters. The van der Waals surface area contributed by atoms with Crippen LogP contribution in [0.25, 0.3) is 0 Å². The van der Waals surface area contributed by atoms with E-state index in [9.17, 15) is 4.79 Å². The molecule has 3 heteroatoms. The van der Waals surface area contributed by atoms with E-state index in [0.717, 1.165) is 5.56 Å². The lowest BCUT2D eigenvalue weighted by Gasteiger charge is -2.22. The van der Waals surface area contributed by atoms with E-state index in [1.54, 1.807) is 13.8 Å². The second-order valence-electron chi connectivity index (χ2n) is 5.24. The summed E-state index contributed by atoms with van der Waals surface area (Å²) in [6.07, 6.45) is 0. The summed E-state index contributed by atoms with van der Waals surface area (Å²) in [6, 6.07) is 8.41. The second kappa shape index (κ2) is 5.32. The van der Waals surface area contributed by atoms with Gasteiger partial charge in [-0.1, -0.05) is 38.1 Å². The van der Waals surface area contributed by atoms with Crippen molar-refractivity contribution in [3.63, 3.8) is 0 Å². The van der Waals surface area contributed by atoms with Crippen molar-refractivity contribution in [2.24, 2.45) is 5.73 Å². The fourth-order valence-electron chi connectivity index (χ4n) is 1.43. The first-order chi connectivity index (χ1) is 7.83. The standard InChI is InChI=1S/C14H22N2O/c1-10(2)12-7-5-11(6-8-12)9-16-14(3,4)13(15)17/h5-8,10,16H,9H2,1-4H3,(H2,15,17). The highest BCUT2D eigenvalue weighted by Crippen LogP contribution is 2.15. The number of hydrogen-bond donors (Lipinski definition) is 2. The zero-order valence-corrected chi connectivity index (χ0v) is 11.1. The van der Waals surface area contributed by atoms with Crippen LogP contribution in [-0.4, -0.2) is 11.4 Å². The molecule has 1 rings (SSSR count). The van der Waals surface area contributed by atoms with Crippen LogP contribution in [0.1, 0.15) is 44.7 Å². The van der Waals surface area contributed by atoms with Gasteiger partial charge < -0.3 is 5.73 Å². The predicted octanol–water partition coefficient (Wildman–Crippen LogP) is 2.16. The van der Waals surface area contributed by atoms with Gasteiger partial charge in [-0.3, -0.25) is 10.1 Å². The number of primary amides is 1. The number of benzene rings is 1. The van der Waals surface area contributed by atoms with Crippen molar-refractivity contribution in [1.29, 1.82) is 0 Å². The van der Waals surface area contributed by atoms with Crippen molar-refractivity contribution in [3.05, 3.63) is 35.4 Å². The van der Waals surface area contributed by atoms with Gasteiger partial charge in [-0.2, -0.15) is 0 Å². The predicted molar refractivity (Wildman–Crippen MR) is 70.6 cm³/mol. The Balaban J connectivity index is 2.62. The highest BCUT2D eigenvalue weighted by atomic mass is 16.1. The van der Waals surface area contributed by atoms with Gasteiger partial charge >= 0.3 is 0 Å². The summed E-state index contributed by atoms with van der Waals surface area (Å²) in [6.45, 7) is 8.57. The van der Waals surface area contributed by atoms with E-state index in [-0.39, 0.29) is 5.91 Å². The molecule has 0 aromatic heterocycles. The minimum atomic E-state index is -0.670. The van der Waals surface area contributed by atoms with Gasteiger partial charge in [-0.15, -0.1) is 0 Å². The summed E-state index contributed by atoms with van der Waals surface area (Å²) in [5, 5.41) is 3.15. The van der Waals surface area contributed by atoms with E-state index in [1.807, 2.05) is 0 Å². The largest absolute Gasteiger partial charge is 0.368 e. The summed E-state index contributed by atoms with van der Waals surface area (Å²) < 4.78 is 0. The number of nitrogens with two attached hydrogens (primary N) is 1. The Bertz CT molecular complexity index is 380. The van der Waals surface area contributed by atoms with Gasteiger partial charge in [-0.25, -0.2) is 0 Å². The average Bonchev–Trinajstić information content (AvgIpc) is 2.27. The molecule has 3 nitrogen and oxygen atoms in total. The van der Waals surface area contributed by atoms with Crippen molar-refractivity contribution in [3.8, 4) is 0 Å². The summed E-state index contributed by atoms with van der Waals surface area (Å²) in [5.41, 5.74) is 7.11. The Morgan fingerprint density at radius 1 is 1.29 bits per heavy atom. The van der Waals surface area contributed by atoms with Crippen LogP contribution in [0.2, 0.25) is 0 Å². The van der Waals surface area contributed by atoms with Crippen molar-refractivity contribution in [1.82, 2.24) is 5.32 Å². The first-order valence-electron chi connectivity index (χ1n) is 5.96. The van der Waals surface area contributed by atoms with E-state index in [4.69, 9.17) is 5.73 Å². The number of carbonyl (C=O) groups excluding carboxylic acids is 1. The quantitative estimate of drug-likeness (QED) is 0.820. The zero-order chi connectivity index (χ0) is 13.1. The summed E-state index contributed by atoms with van der Waals surface area (Å²) in [7, 11) is 0. The number of nitrogens with one attached hydrogen (secondary N) is 1. The van der Waals surface area contributed by atoms with Crippen LogP contribution >= 0.6 is 0 Å². The minimum Gasteiger partial charge on any atom is -0.368 e.